The molecule has 2 aliphatic carbocycles. The quantitative estimate of drug-likeness (QED) is 0.439. The Labute approximate surface area is 202 Å². The summed E-state index contributed by atoms with van der Waals surface area (Å²) in [6.45, 7) is 0. The number of carbonyl (C=O) groups excluding carboxylic acids is 3. The van der Waals surface area contributed by atoms with E-state index in [-0.39, 0.29) is 47.8 Å². The molecule has 1 aromatic heterocycles. The number of amides is 3. The molecule has 3 amide bonds. The molecule has 2 aromatic carbocycles. The minimum atomic E-state index is -0.703. The van der Waals surface area contributed by atoms with Gasteiger partial charge in [-0.15, -0.1) is 0 Å². The Morgan fingerprint density at radius 2 is 1.66 bits per heavy atom. The summed E-state index contributed by atoms with van der Waals surface area (Å²) in [5.41, 5.74) is 2.68. The predicted octanol–water partition coefficient (Wildman–Crippen LogP) is 3.52. The van der Waals surface area contributed by atoms with Gasteiger partial charge in [-0.3, -0.25) is 29.3 Å². The topological polar surface area (TPSA) is 101 Å². The number of imide groups is 1. The van der Waals surface area contributed by atoms with Gasteiger partial charge in [0.15, 0.2) is 0 Å². The van der Waals surface area contributed by atoms with Crippen molar-refractivity contribution in [1.29, 1.82) is 0 Å². The highest BCUT2D eigenvalue weighted by atomic mass is 16.5. The Morgan fingerprint density at radius 1 is 1.00 bits per heavy atom. The second kappa shape index (κ2) is 8.30. The standard InChI is InChI=1S/C27H24N4O4/c1-35-19-7-4-15(5-8-19)22(31-26(33)24-16-2-3-17(12-16)25(24)27(31)34)14-23(32)30-18-6-9-20-21(13-18)29-11-10-28-20/h2-11,13,16-17,22,24-25H,12,14H2,1H3,(H,30,32). The molecule has 1 N–H and O–H groups in total. The molecule has 0 radical (unpaired) electrons. The van der Waals surface area contributed by atoms with Crippen molar-refractivity contribution in [2.45, 2.75) is 18.9 Å². The monoisotopic (exact) mass is 468 g/mol. The molecular weight excluding hydrogens is 444 g/mol. The minimum absolute atomic E-state index is 0.0511. The predicted molar refractivity (Wildman–Crippen MR) is 128 cm³/mol. The number of hydrogen-bond acceptors (Lipinski definition) is 6. The van der Waals surface area contributed by atoms with Crippen LogP contribution in [0.5, 0.6) is 5.75 Å². The van der Waals surface area contributed by atoms with Crippen LogP contribution in [0.1, 0.15) is 24.4 Å². The van der Waals surface area contributed by atoms with Crippen LogP contribution in [0.15, 0.2) is 67.0 Å². The highest BCUT2D eigenvalue weighted by Gasteiger charge is 2.60. The molecule has 1 saturated heterocycles. The van der Waals surface area contributed by atoms with Crippen molar-refractivity contribution in [3.63, 3.8) is 0 Å². The maximum Gasteiger partial charge on any atom is 0.234 e. The molecule has 1 saturated carbocycles. The van der Waals surface area contributed by atoms with Crippen LogP contribution in [0.3, 0.4) is 0 Å². The zero-order valence-corrected chi connectivity index (χ0v) is 19.1. The number of anilines is 1. The molecule has 3 aliphatic rings. The maximum atomic E-state index is 13.5. The van der Waals surface area contributed by atoms with Gasteiger partial charge in [-0.25, -0.2) is 0 Å². The number of ether oxygens (including phenoxy) is 1. The number of likely N-dealkylation sites (tertiary alicyclic amines) is 1. The van der Waals surface area contributed by atoms with E-state index in [0.717, 1.165) is 11.9 Å². The van der Waals surface area contributed by atoms with Crippen LogP contribution in [-0.2, 0) is 14.4 Å². The van der Waals surface area contributed by atoms with Gasteiger partial charge >= 0.3 is 0 Å². The Balaban J connectivity index is 1.29. The Morgan fingerprint density at radius 3 is 2.31 bits per heavy atom. The second-order valence-corrected chi connectivity index (χ2v) is 9.35. The fourth-order valence-corrected chi connectivity index (χ4v) is 5.85. The summed E-state index contributed by atoms with van der Waals surface area (Å²) in [5, 5.41) is 2.90. The SMILES string of the molecule is COc1ccc(C(CC(=O)Nc2ccc3nccnc3c2)N2C(=O)C3C4C=CC(C4)C3C2=O)cc1. The first-order valence-electron chi connectivity index (χ1n) is 11.7. The Bertz CT molecular complexity index is 1340. The van der Waals surface area contributed by atoms with E-state index in [2.05, 4.69) is 27.4 Å². The smallest absolute Gasteiger partial charge is 0.234 e. The first kappa shape index (κ1) is 21.5. The number of nitrogens with zero attached hydrogens (tertiary/aromatic N) is 3. The molecule has 2 bridgehead atoms. The van der Waals surface area contributed by atoms with E-state index >= 15 is 0 Å². The maximum absolute atomic E-state index is 13.5. The van der Waals surface area contributed by atoms with Crippen LogP contribution in [0.2, 0.25) is 0 Å². The van der Waals surface area contributed by atoms with Crippen LogP contribution >= 0.6 is 0 Å². The van der Waals surface area contributed by atoms with Gasteiger partial charge < -0.3 is 10.1 Å². The Hall–Kier alpha value is -4.07. The van der Waals surface area contributed by atoms with E-state index in [0.29, 0.717) is 22.5 Å². The van der Waals surface area contributed by atoms with Crippen LogP contribution < -0.4 is 10.1 Å². The van der Waals surface area contributed by atoms with Gasteiger partial charge in [-0.05, 0) is 54.2 Å². The largest absolute Gasteiger partial charge is 0.497 e. The molecule has 0 spiro atoms. The molecular formula is C27H24N4O4. The van der Waals surface area contributed by atoms with Crippen molar-refractivity contribution in [1.82, 2.24) is 14.9 Å². The lowest BCUT2D eigenvalue weighted by molar-refractivity contribution is -0.144. The molecule has 35 heavy (non-hydrogen) atoms. The lowest BCUT2D eigenvalue weighted by Crippen LogP contribution is -2.38. The number of hydrogen-bond donors (Lipinski definition) is 1. The van der Waals surface area contributed by atoms with Crippen LogP contribution in [0.25, 0.3) is 11.0 Å². The summed E-state index contributed by atoms with van der Waals surface area (Å²) in [7, 11) is 1.57. The van der Waals surface area contributed by atoms with E-state index < -0.39 is 6.04 Å². The molecule has 3 aromatic rings. The molecule has 5 unspecified atom stereocenters. The molecule has 176 valence electrons. The van der Waals surface area contributed by atoms with Gasteiger partial charge in [-0.1, -0.05) is 24.3 Å². The van der Waals surface area contributed by atoms with E-state index in [9.17, 15) is 14.4 Å². The number of methoxy groups -OCH3 is 1. The van der Waals surface area contributed by atoms with E-state index in [1.807, 2.05) is 12.1 Å². The van der Waals surface area contributed by atoms with Gasteiger partial charge in [0.25, 0.3) is 0 Å². The zero-order chi connectivity index (χ0) is 24.1. The fourth-order valence-electron chi connectivity index (χ4n) is 5.85. The van der Waals surface area contributed by atoms with Crippen molar-refractivity contribution in [3.05, 3.63) is 72.6 Å². The summed E-state index contributed by atoms with van der Waals surface area (Å²) in [6, 6.07) is 11.8. The van der Waals surface area contributed by atoms with Crippen LogP contribution in [0, 0.1) is 23.7 Å². The van der Waals surface area contributed by atoms with Crippen molar-refractivity contribution in [2.24, 2.45) is 23.7 Å². The lowest BCUT2D eigenvalue weighted by Gasteiger charge is -2.28. The average Bonchev–Trinajstić information content (AvgIpc) is 3.56. The van der Waals surface area contributed by atoms with Gasteiger partial charge in [0.2, 0.25) is 17.7 Å². The van der Waals surface area contributed by atoms with Crippen molar-refractivity contribution in [3.8, 4) is 5.75 Å². The van der Waals surface area contributed by atoms with E-state index in [1.54, 1.807) is 49.8 Å². The molecule has 6 rings (SSSR count). The van der Waals surface area contributed by atoms with Crippen molar-refractivity contribution in [2.75, 3.05) is 12.4 Å². The molecule has 2 heterocycles. The highest BCUT2D eigenvalue weighted by Crippen LogP contribution is 2.54. The molecule has 2 fully saturated rings. The number of aromatic nitrogens is 2. The van der Waals surface area contributed by atoms with Gasteiger partial charge in [0.05, 0.1) is 42.4 Å². The second-order valence-electron chi connectivity index (χ2n) is 9.35. The molecule has 5 atom stereocenters. The molecule has 8 nitrogen and oxygen atoms in total. The third-order valence-corrected chi connectivity index (χ3v) is 7.45. The van der Waals surface area contributed by atoms with Crippen molar-refractivity contribution < 1.29 is 19.1 Å². The van der Waals surface area contributed by atoms with E-state index in [4.69, 9.17) is 4.74 Å². The Kier molecular flexibility index (Phi) is 5.09. The normalized spacial score (nSPS) is 25.2. The number of fused-ring (bicyclic) bond motifs is 6. The van der Waals surface area contributed by atoms with E-state index in [1.165, 1.54) is 4.90 Å². The van der Waals surface area contributed by atoms with Gasteiger partial charge in [0, 0.05) is 18.1 Å². The summed E-state index contributed by atoms with van der Waals surface area (Å²) in [4.78, 5) is 50.1. The number of benzene rings is 2. The highest BCUT2D eigenvalue weighted by molar-refractivity contribution is 6.07. The first-order valence-corrected chi connectivity index (χ1v) is 11.7. The fraction of sp³-hybridized carbons (Fsp3) is 0.296. The summed E-state index contributed by atoms with van der Waals surface area (Å²) in [6.07, 6.45) is 8.15. The average molecular weight is 469 g/mol. The zero-order valence-electron chi connectivity index (χ0n) is 19.1. The van der Waals surface area contributed by atoms with Crippen LogP contribution in [0.4, 0.5) is 5.69 Å². The number of rotatable bonds is 6. The third kappa shape index (κ3) is 3.56. The summed E-state index contributed by atoms with van der Waals surface area (Å²) in [5.74, 6) is -0.412. The number of allylic oxidation sites excluding steroid dienone is 2. The lowest BCUT2D eigenvalue weighted by atomic mass is 9.85. The number of carbonyl (C=O) groups is 3. The molecule has 8 heteroatoms. The van der Waals surface area contributed by atoms with Crippen molar-refractivity contribution >= 4 is 34.4 Å². The molecule has 1 aliphatic heterocycles. The van der Waals surface area contributed by atoms with Crippen LogP contribution in [-0.4, -0.2) is 39.7 Å². The van der Waals surface area contributed by atoms with Gasteiger partial charge in [-0.2, -0.15) is 0 Å². The summed E-state index contributed by atoms with van der Waals surface area (Å²) < 4.78 is 5.26. The number of nitrogens with one attached hydrogen (secondary N) is 1. The van der Waals surface area contributed by atoms with Gasteiger partial charge in [0.1, 0.15) is 5.75 Å². The third-order valence-electron chi connectivity index (χ3n) is 7.45. The minimum Gasteiger partial charge on any atom is -0.497 e. The summed E-state index contributed by atoms with van der Waals surface area (Å²) >= 11 is 0. The first-order chi connectivity index (χ1) is 17.0.